The number of amides is 1. The summed E-state index contributed by atoms with van der Waals surface area (Å²) in [5.41, 5.74) is 1.42. The fourth-order valence-electron chi connectivity index (χ4n) is 4.22. The molecular weight excluding hydrogens is 444 g/mol. The van der Waals surface area contributed by atoms with E-state index < -0.39 is 29.4 Å². The van der Waals surface area contributed by atoms with E-state index >= 15 is 0 Å². The van der Waals surface area contributed by atoms with E-state index in [0.717, 1.165) is 35.5 Å². The number of aliphatic carboxylic acids is 1. The molecule has 33 heavy (non-hydrogen) atoms. The van der Waals surface area contributed by atoms with Crippen LogP contribution >= 0.6 is 0 Å². The standard InChI is InChI=1S/C23H20F4N2O4/c24-14-3-7-19-17(9-14)18-10-15(4-8-20(18)29(19)11-22(31)32)28-21(30)12-33-16-5-1-13(2-6-16)23(25,26)27/h1-3,5-7,9,15H,4,8,10-12H2,(H,28,30)(H,31,32). The van der Waals surface area contributed by atoms with Crippen LogP contribution in [0.2, 0.25) is 0 Å². The second-order valence-electron chi connectivity index (χ2n) is 7.88. The van der Waals surface area contributed by atoms with Crippen LogP contribution < -0.4 is 10.1 Å². The molecule has 1 heterocycles. The molecule has 0 aliphatic heterocycles. The van der Waals surface area contributed by atoms with E-state index in [1.807, 2.05) is 0 Å². The predicted molar refractivity (Wildman–Crippen MR) is 110 cm³/mol. The maximum absolute atomic E-state index is 13.9. The van der Waals surface area contributed by atoms with Crippen molar-refractivity contribution in [1.82, 2.24) is 9.88 Å². The van der Waals surface area contributed by atoms with Crippen LogP contribution in [0.3, 0.4) is 0 Å². The molecule has 0 bridgehead atoms. The van der Waals surface area contributed by atoms with Crippen LogP contribution in [-0.2, 0) is 35.2 Å². The number of benzene rings is 2. The van der Waals surface area contributed by atoms with Crippen molar-refractivity contribution in [3.05, 3.63) is 65.1 Å². The van der Waals surface area contributed by atoms with Gasteiger partial charge in [-0.1, -0.05) is 0 Å². The Balaban J connectivity index is 1.43. The molecule has 2 aromatic carbocycles. The highest BCUT2D eigenvalue weighted by atomic mass is 19.4. The Bertz CT molecular complexity index is 1200. The number of carboxylic acid groups (broad SMARTS) is 1. The fraction of sp³-hybridized carbons (Fsp3) is 0.304. The van der Waals surface area contributed by atoms with Gasteiger partial charge in [0.15, 0.2) is 6.61 Å². The lowest BCUT2D eigenvalue weighted by atomic mass is 9.91. The lowest BCUT2D eigenvalue weighted by Crippen LogP contribution is -2.41. The zero-order valence-corrected chi connectivity index (χ0v) is 17.3. The number of hydrogen-bond acceptors (Lipinski definition) is 3. The van der Waals surface area contributed by atoms with E-state index in [1.165, 1.54) is 12.1 Å². The first-order valence-electron chi connectivity index (χ1n) is 10.2. The Kier molecular flexibility index (Phi) is 6.01. The predicted octanol–water partition coefficient (Wildman–Crippen LogP) is 3.94. The molecule has 4 rings (SSSR count). The topological polar surface area (TPSA) is 80.6 Å². The molecule has 1 aromatic heterocycles. The molecule has 1 atom stereocenters. The van der Waals surface area contributed by atoms with Gasteiger partial charge in [-0.05, 0) is 67.3 Å². The molecule has 1 aliphatic rings. The van der Waals surface area contributed by atoms with Gasteiger partial charge in [-0.25, -0.2) is 4.39 Å². The zero-order chi connectivity index (χ0) is 23.8. The maximum Gasteiger partial charge on any atom is 0.416 e. The van der Waals surface area contributed by atoms with Crippen molar-refractivity contribution in [1.29, 1.82) is 0 Å². The Morgan fingerprint density at radius 2 is 1.88 bits per heavy atom. The number of ether oxygens (including phenoxy) is 1. The molecule has 1 aliphatic carbocycles. The molecule has 6 nitrogen and oxygen atoms in total. The molecule has 10 heteroatoms. The molecular formula is C23H20F4N2O4. The van der Waals surface area contributed by atoms with E-state index in [0.29, 0.717) is 30.2 Å². The van der Waals surface area contributed by atoms with Crippen molar-refractivity contribution in [2.45, 2.75) is 38.0 Å². The summed E-state index contributed by atoms with van der Waals surface area (Å²) in [5.74, 6) is -1.75. The quantitative estimate of drug-likeness (QED) is 0.542. The molecule has 1 unspecified atom stereocenters. The number of aromatic nitrogens is 1. The molecule has 0 spiro atoms. The third-order valence-electron chi connectivity index (χ3n) is 5.64. The molecule has 0 radical (unpaired) electrons. The van der Waals surface area contributed by atoms with Crippen LogP contribution in [0, 0.1) is 5.82 Å². The van der Waals surface area contributed by atoms with Gasteiger partial charge in [0.25, 0.3) is 5.91 Å². The number of rotatable bonds is 6. The average molecular weight is 464 g/mol. The lowest BCUT2D eigenvalue weighted by molar-refractivity contribution is -0.138. The summed E-state index contributed by atoms with van der Waals surface area (Å²) >= 11 is 0. The highest BCUT2D eigenvalue weighted by Gasteiger charge is 2.30. The van der Waals surface area contributed by atoms with Crippen molar-refractivity contribution >= 4 is 22.8 Å². The number of carbonyl (C=O) groups is 2. The van der Waals surface area contributed by atoms with Crippen LogP contribution in [0.25, 0.3) is 10.9 Å². The number of fused-ring (bicyclic) bond motifs is 3. The first kappa shape index (κ1) is 22.6. The van der Waals surface area contributed by atoms with Crippen LogP contribution in [0.4, 0.5) is 17.6 Å². The second-order valence-corrected chi connectivity index (χ2v) is 7.88. The summed E-state index contributed by atoms with van der Waals surface area (Å²) in [5, 5.41) is 12.7. The van der Waals surface area contributed by atoms with Gasteiger partial charge in [-0.15, -0.1) is 0 Å². The largest absolute Gasteiger partial charge is 0.484 e. The van der Waals surface area contributed by atoms with Crippen molar-refractivity contribution in [2.24, 2.45) is 0 Å². The van der Waals surface area contributed by atoms with E-state index in [9.17, 15) is 32.3 Å². The smallest absolute Gasteiger partial charge is 0.416 e. The molecule has 0 saturated heterocycles. The maximum atomic E-state index is 13.9. The Morgan fingerprint density at radius 1 is 1.15 bits per heavy atom. The molecule has 0 saturated carbocycles. The van der Waals surface area contributed by atoms with Gasteiger partial charge in [-0.3, -0.25) is 9.59 Å². The third kappa shape index (κ3) is 4.94. The van der Waals surface area contributed by atoms with Crippen molar-refractivity contribution in [2.75, 3.05) is 6.61 Å². The number of carboxylic acids is 1. The first-order valence-corrected chi connectivity index (χ1v) is 10.2. The van der Waals surface area contributed by atoms with Crippen LogP contribution in [0.15, 0.2) is 42.5 Å². The van der Waals surface area contributed by atoms with Gasteiger partial charge in [0.05, 0.1) is 5.56 Å². The van der Waals surface area contributed by atoms with E-state index in [-0.39, 0.29) is 24.9 Å². The molecule has 174 valence electrons. The number of carbonyl (C=O) groups excluding carboxylic acids is 1. The van der Waals surface area contributed by atoms with E-state index in [2.05, 4.69) is 5.32 Å². The summed E-state index contributed by atoms with van der Waals surface area (Å²) < 4.78 is 58.7. The summed E-state index contributed by atoms with van der Waals surface area (Å²) in [6, 6.07) is 7.98. The Labute approximate surface area is 185 Å². The third-order valence-corrected chi connectivity index (χ3v) is 5.64. The summed E-state index contributed by atoms with van der Waals surface area (Å²) in [6.07, 6.45) is -3.00. The number of alkyl halides is 3. The van der Waals surface area contributed by atoms with E-state index in [4.69, 9.17) is 4.74 Å². The van der Waals surface area contributed by atoms with Crippen LogP contribution in [0.5, 0.6) is 5.75 Å². The zero-order valence-electron chi connectivity index (χ0n) is 17.3. The van der Waals surface area contributed by atoms with Gasteiger partial charge in [-0.2, -0.15) is 13.2 Å². The fourth-order valence-corrected chi connectivity index (χ4v) is 4.22. The molecule has 3 aromatic rings. The SMILES string of the molecule is O=C(O)Cn1c2c(c3cc(F)ccc31)CC(NC(=O)COc1ccc(C(F)(F)F)cc1)CC2. The Hall–Kier alpha value is -3.56. The molecule has 2 N–H and O–H groups in total. The molecule has 0 fully saturated rings. The second kappa shape index (κ2) is 8.76. The highest BCUT2D eigenvalue weighted by molar-refractivity contribution is 5.87. The number of hydrogen-bond donors (Lipinski definition) is 2. The van der Waals surface area contributed by atoms with Crippen molar-refractivity contribution in [3.8, 4) is 5.75 Å². The van der Waals surface area contributed by atoms with Crippen molar-refractivity contribution < 1.29 is 37.0 Å². The molecule has 1 amide bonds. The number of halogens is 4. The van der Waals surface area contributed by atoms with Crippen molar-refractivity contribution in [3.63, 3.8) is 0 Å². The van der Waals surface area contributed by atoms with Gasteiger partial charge in [0.1, 0.15) is 18.1 Å². The number of nitrogens with zero attached hydrogens (tertiary/aromatic N) is 1. The monoisotopic (exact) mass is 464 g/mol. The van der Waals surface area contributed by atoms with Gasteiger partial charge in [0, 0.05) is 22.6 Å². The summed E-state index contributed by atoms with van der Waals surface area (Å²) in [7, 11) is 0. The van der Waals surface area contributed by atoms with Gasteiger partial charge in [0.2, 0.25) is 0 Å². The normalized spacial score (nSPS) is 15.8. The van der Waals surface area contributed by atoms with Gasteiger partial charge < -0.3 is 19.7 Å². The van der Waals surface area contributed by atoms with E-state index in [1.54, 1.807) is 10.6 Å². The van der Waals surface area contributed by atoms with Crippen LogP contribution in [0.1, 0.15) is 23.2 Å². The lowest BCUT2D eigenvalue weighted by Gasteiger charge is -2.25. The van der Waals surface area contributed by atoms with Crippen LogP contribution in [-0.4, -0.2) is 34.2 Å². The first-order chi connectivity index (χ1) is 15.6. The minimum absolute atomic E-state index is 0.135. The summed E-state index contributed by atoms with van der Waals surface area (Å²) in [4.78, 5) is 23.6. The minimum atomic E-state index is -4.45. The highest BCUT2D eigenvalue weighted by Crippen LogP contribution is 2.33. The minimum Gasteiger partial charge on any atom is -0.484 e. The number of nitrogens with one attached hydrogen (secondary N) is 1. The Morgan fingerprint density at radius 3 is 2.55 bits per heavy atom. The average Bonchev–Trinajstić information content (AvgIpc) is 3.04. The summed E-state index contributed by atoms with van der Waals surface area (Å²) in [6.45, 7) is -0.612. The van der Waals surface area contributed by atoms with Gasteiger partial charge >= 0.3 is 12.1 Å².